The zero-order valence-corrected chi connectivity index (χ0v) is 15.9. The zero-order chi connectivity index (χ0) is 20.9. The molecule has 0 unspecified atom stereocenters. The lowest BCUT2D eigenvalue weighted by Crippen LogP contribution is -2.49. The number of aromatic nitrogens is 2. The molecule has 10 heteroatoms. The average Bonchev–Trinajstić information content (AvgIpc) is 2.73. The highest BCUT2D eigenvalue weighted by atomic mass is 19.4. The Morgan fingerprint density at radius 1 is 1.21 bits per heavy atom. The van der Waals surface area contributed by atoms with Crippen LogP contribution in [0.4, 0.5) is 19.1 Å². The summed E-state index contributed by atoms with van der Waals surface area (Å²) in [5.41, 5.74) is -0.416. The summed E-state index contributed by atoms with van der Waals surface area (Å²) < 4.78 is 43.5. The van der Waals surface area contributed by atoms with Gasteiger partial charge in [-0.3, -0.25) is 9.69 Å². The smallest absolute Gasteiger partial charge is 0.433 e. The van der Waals surface area contributed by atoms with Gasteiger partial charge in [-0.15, -0.1) is 0 Å². The van der Waals surface area contributed by atoms with Crippen LogP contribution in [-0.4, -0.2) is 67.2 Å². The summed E-state index contributed by atoms with van der Waals surface area (Å²) in [5.74, 6) is 0.524. The van der Waals surface area contributed by atoms with Crippen molar-refractivity contribution in [1.29, 1.82) is 0 Å². The number of methoxy groups -OCH3 is 1. The van der Waals surface area contributed by atoms with Gasteiger partial charge in [0.25, 0.3) is 5.91 Å². The Bertz CT molecular complexity index is 839. The molecular formula is C19H22F3N5O2. The first-order valence-electron chi connectivity index (χ1n) is 9.16. The molecule has 1 aromatic carbocycles. The second kappa shape index (κ2) is 9.08. The molecule has 2 aromatic rings. The number of anilines is 1. The quantitative estimate of drug-likeness (QED) is 0.788. The van der Waals surface area contributed by atoms with E-state index in [4.69, 9.17) is 4.74 Å². The molecule has 0 saturated carbocycles. The second-order valence-electron chi connectivity index (χ2n) is 6.56. The summed E-state index contributed by atoms with van der Waals surface area (Å²) in [5, 5.41) is 2.87. The van der Waals surface area contributed by atoms with Crippen LogP contribution >= 0.6 is 0 Å². The van der Waals surface area contributed by atoms with Gasteiger partial charge in [-0.1, -0.05) is 6.07 Å². The van der Waals surface area contributed by atoms with Gasteiger partial charge >= 0.3 is 6.18 Å². The number of halogens is 3. The van der Waals surface area contributed by atoms with Crippen LogP contribution in [-0.2, 0) is 6.18 Å². The van der Waals surface area contributed by atoms with E-state index in [1.54, 1.807) is 36.3 Å². The molecule has 1 fully saturated rings. The van der Waals surface area contributed by atoms with Gasteiger partial charge in [0.05, 0.1) is 7.11 Å². The van der Waals surface area contributed by atoms with Crippen LogP contribution < -0.4 is 15.0 Å². The predicted octanol–water partition coefficient (Wildman–Crippen LogP) is 2.06. The van der Waals surface area contributed by atoms with Crippen LogP contribution in [0.5, 0.6) is 5.75 Å². The van der Waals surface area contributed by atoms with Crippen molar-refractivity contribution in [2.24, 2.45) is 0 Å². The predicted molar refractivity (Wildman–Crippen MR) is 101 cm³/mol. The van der Waals surface area contributed by atoms with Gasteiger partial charge in [0.15, 0.2) is 0 Å². The molecule has 1 N–H and O–H groups in total. The van der Waals surface area contributed by atoms with E-state index in [0.717, 1.165) is 12.3 Å². The molecule has 0 radical (unpaired) electrons. The fraction of sp³-hybridized carbons (Fsp3) is 0.421. The van der Waals surface area contributed by atoms with Crippen LogP contribution in [0.25, 0.3) is 0 Å². The first-order chi connectivity index (χ1) is 13.9. The first-order valence-corrected chi connectivity index (χ1v) is 9.16. The largest absolute Gasteiger partial charge is 0.497 e. The summed E-state index contributed by atoms with van der Waals surface area (Å²) in [6.45, 7) is 3.45. The van der Waals surface area contributed by atoms with E-state index < -0.39 is 11.9 Å². The number of nitrogens with zero attached hydrogens (tertiary/aromatic N) is 4. The van der Waals surface area contributed by atoms with Gasteiger partial charge in [0, 0.05) is 51.0 Å². The molecule has 2 heterocycles. The van der Waals surface area contributed by atoms with Crippen molar-refractivity contribution in [3.63, 3.8) is 0 Å². The normalized spacial score (nSPS) is 15.2. The van der Waals surface area contributed by atoms with Crippen molar-refractivity contribution in [2.75, 3.05) is 51.3 Å². The molecule has 156 valence electrons. The lowest BCUT2D eigenvalue weighted by atomic mass is 10.2. The highest BCUT2D eigenvalue weighted by Gasteiger charge is 2.33. The van der Waals surface area contributed by atoms with Gasteiger partial charge in [0.1, 0.15) is 11.4 Å². The lowest BCUT2D eigenvalue weighted by Gasteiger charge is -2.34. The summed E-state index contributed by atoms with van der Waals surface area (Å²) in [7, 11) is 1.54. The zero-order valence-electron chi connectivity index (χ0n) is 15.9. The molecular weight excluding hydrogens is 387 g/mol. The summed E-state index contributed by atoms with van der Waals surface area (Å²) >= 11 is 0. The number of rotatable bonds is 6. The van der Waals surface area contributed by atoms with Crippen molar-refractivity contribution >= 4 is 11.9 Å². The van der Waals surface area contributed by atoms with Crippen LogP contribution in [0.15, 0.2) is 36.5 Å². The van der Waals surface area contributed by atoms with Crippen molar-refractivity contribution in [2.45, 2.75) is 6.18 Å². The number of carbonyl (C=O) groups excluding carboxylic acids is 1. The van der Waals surface area contributed by atoms with Gasteiger partial charge < -0.3 is 15.0 Å². The monoisotopic (exact) mass is 409 g/mol. The third-order valence-corrected chi connectivity index (χ3v) is 4.63. The van der Waals surface area contributed by atoms with E-state index in [1.807, 2.05) is 0 Å². The third-order valence-electron chi connectivity index (χ3n) is 4.63. The fourth-order valence-electron chi connectivity index (χ4n) is 3.02. The Labute approximate surface area is 166 Å². The van der Waals surface area contributed by atoms with Crippen molar-refractivity contribution in [1.82, 2.24) is 20.2 Å². The number of nitrogens with one attached hydrogen (secondary N) is 1. The molecule has 1 aliphatic rings. The minimum absolute atomic E-state index is 0.0887. The topological polar surface area (TPSA) is 70.6 Å². The molecule has 0 spiro atoms. The van der Waals surface area contributed by atoms with E-state index in [-0.39, 0.29) is 11.9 Å². The number of amides is 1. The minimum Gasteiger partial charge on any atom is -0.497 e. The molecule has 0 bridgehead atoms. The van der Waals surface area contributed by atoms with Crippen LogP contribution in [0.3, 0.4) is 0 Å². The number of carbonyl (C=O) groups is 1. The SMILES string of the molecule is COc1cccc(C(=O)NCCN2CCN(c3nccc(C(F)(F)F)n3)CC2)c1. The maximum Gasteiger partial charge on any atom is 0.433 e. The van der Waals surface area contributed by atoms with Gasteiger partial charge in [-0.25, -0.2) is 9.97 Å². The summed E-state index contributed by atoms with van der Waals surface area (Å²) in [6.07, 6.45) is -3.36. The van der Waals surface area contributed by atoms with Crippen molar-refractivity contribution < 1.29 is 22.7 Å². The van der Waals surface area contributed by atoms with E-state index in [1.165, 1.54) is 0 Å². The number of hydrogen-bond donors (Lipinski definition) is 1. The Morgan fingerprint density at radius 3 is 2.66 bits per heavy atom. The molecule has 0 aliphatic carbocycles. The first kappa shape index (κ1) is 20.8. The van der Waals surface area contributed by atoms with E-state index in [0.29, 0.717) is 50.6 Å². The van der Waals surface area contributed by atoms with Crippen molar-refractivity contribution in [3.05, 3.63) is 47.8 Å². The maximum absolute atomic E-state index is 12.8. The third kappa shape index (κ3) is 5.57. The molecule has 29 heavy (non-hydrogen) atoms. The molecule has 0 atom stereocenters. The number of hydrogen-bond acceptors (Lipinski definition) is 6. The second-order valence-corrected chi connectivity index (χ2v) is 6.56. The Kier molecular flexibility index (Phi) is 6.53. The van der Waals surface area contributed by atoms with Crippen LogP contribution in [0.1, 0.15) is 16.1 Å². The fourth-order valence-corrected chi connectivity index (χ4v) is 3.02. The summed E-state index contributed by atoms with van der Waals surface area (Å²) in [6, 6.07) is 7.77. The Morgan fingerprint density at radius 2 is 1.97 bits per heavy atom. The molecule has 1 aromatic heterocycles. The average molecular weight is 409 g/mol. The standard InChI is InChI=1S/C19H22F3N5O2/c1-29-15-4-2-3-14(13-15)17(28)23-7-8-26-9-11-27(12-10-26)18-24-6-5-16(25-18)19(20,21)22/h2-6,13H,7-12H2,1H3,(H,23,28). The highest BCUT2D eigenvalue weighted by Crippen LogP contribution is 2.28. The van der Waals surface area contributed by atoms with E-state index >= 15 is 0 Å². The molecule has 1 amide bonds. The molecule has 1 saturated heterocycles. The van der Waals surface area contributed by atoms with Crippen molar-refractivity contribution in [3.8, 4) is 5.75 Å². The van der Waals surface area contributed by atoms with E-state index in [2.05, 4.69) is 20.2 Å². The Balaban J connectivity index is 1.45. The molecule has 1 aliphatic heterocycles. The van der Waals surface area contributed by atoms with Gasteiger partial charge in [0.2, 0.25) is 5.95 Å². The molecule has 3 rings (SSSR count). The number of alkyl halides is 3. The molecule has 7 nitrogen and oxygen atoms in total. The summed E-state index contributed by atoms with van der Waals surface area (Å²) in [4.78, 5) is 23.7. The number of benzene rings is 1. The van der Waals surface area contributed by atoms with Gasteiger partial charge in [-0.2, -0.15) is 13.2 Å². The van der Waals surface area contributed by atoms with Gasteiger partial charge in [-0.05, 0) is 24.3 Å². The van der Waals surface area contributed by atoms with Crippen LogP contribution in [0.2, 0.25) is 0 Å². The maximum atomic E-state index is 12.8. The minimum atomic E-state index is -4.49. The van der Waals surface area contributed by atoms with E-state index in [9.17, 15) is 18.0 Å². The number of ether oxygens (including phenoxy) is 1. The number of piperazine rings is 1. The lowest BCUT2D eigenvalue weighted by molar-refractivity contribution is -0.141. The Hall–Kier alpha value is -2.88. The van der Waals surface area contributed by atoms with Crippen LogP contribution in [0, 0.1) is 0 Å². The highest BCUT2D eigenvalue weighted by molar-refractivity contribution is 5.94.